The highest BCUT2D eigenvalue weighted by Gasteiger charge is 2.30. The van der Waals surface area contributed by atoms with E-state index in [0.29, 0.717) is 12.1 Å². The molecule has 1 unspecified atom stereocenters. The van der Waals surface area contributed by atoms with Crippen molar-refractivity contribution in [2.75, 3.05) is 5.01 Å². The predicted molar refractivity (Wildman–Crippen MR) is 121 cm³/mol. The van der Waals surface area contributed by atoms with E-state index in [0.717, 1.165) is 21.6 Å². The van der Waals surface area contributed by atoms with E-state index >= 15 is 0 Å². The number of nitrogens with zero attached hydrogens (tertiary/aromatic N) is 2. The van der Waals surface area contributed by atoms with E-state index in [2.05, 4.69) is 46.8 Å². The number of rotatable bonds is 3. The summed E-state index contributed by atoms with van der Waals surface area (Å²) in [5.74, 6) is 0.794. The van der Waals surface area contributed by atoms with Gasteiger partial charge in [-0.05, 0) is 35.2 Å². The van der Waals surface area contributed by atoms with Crippen LogP contribution in [0.5, 0.6) is 0 Å². The number of nitrogens with one attached hydrogen (secondary N) is 1. The second-order valence-electron chi connectivity index (χ2n) is 6.96. The lowest BCUT2D eigenvalue weighted by Gasteiger charge is -2.26. The first-order chi connectivity index (χ1) is 14.3. The maximum Gasteiger partial charge on any atom is 0.258 e. The van der Waals surface area contributed by atoms with Crippen LogP contribution in [0, 0.1) is 0 Å². The fourth-order valence-corrected chi connectivity index (χ4v) is 4.46. The number of para-hydroxylation sites is 1. The molecule has 1 aliphatic heterocycles. The average molecular weight is 398 g/mol. The van der Waals surface area contributed by atoms with Crippen LogP contribution < -0.4 is 15.2 Å². The highest BCUT2D eigenvalue weighted by molar-refractivity contribution is 7.16. The molecule has 0 aliphatic carbocycles. The minimum atomic E-state index is -0.0209. The Morgan fingerprint density at radius 2 is 1.59 bits per heavy atom. The van der Waals surface area contributed by atoms with Gasteiger partial charge in [-0.1, -0.05) is 78.1 Å². The lowest BCUT2D eigenvalue weighted by molar-refractivity contribution is 0.686. The van der Waals surface area contributed by atoms with Crippen LogP contribution in [0.25, 0.3) is 10.1 Å². The van der Waals surface area contributed by atoms with Gasteiger partial charge in [-0.25, -0.2) is 4.99 Å². The highest BCUT2D eigenvalue weighted by Crippen LogP contribution is 2.33. The summed E-state index contributed by atoms with van der Waals surface area (Å²) in [6.07, 6.45) is 0.704. The Bertz CT molecular complexity index is 1190. The van der Waals surface area contributed by atoms with Crippen molar-refractivity contribution >= 4 is 38.6 Å². The van der Waals surface area contributed by atoms with Gasteiger partial charge < -0.3 is 0 Å². The summed E-state index contributed by atoms with van der Waals surface area (Å²) in [7, 11) is 0. The third-order valence-corrected chi connectivity index (χ3v) is 6.03. The molecule has 1 aliphatic rings. The monoisotopic (exact) mass is 397 g/mol. The van der Waals surface area contributed by atoms with Gasteiger partial charge in [0.05, 0.1) is 11.7 Å². The molecule has 2 heterocycles. The maximum absolute atomic E-state index is 12.6. The van der Waals surface area contributed by atoms with Crippen molar-refractivity contribution in [1.29, 1.82) is 0 Å². The number of fused-ring (bicyclic) bond motifs is 1. The topological polar surface area (TPSA) is 44.7 Å². The van der Waals surface area contributed by atoms with Gasteiger partial charge in [0.25, 0.3) is 4.74 Å². The molecule has 142 valence electrons. The normalized spacial score (nSPS) is 17.6. The second kappa shape index (κ2) is 7.53. The van der Waals surface area contributed by atoms with Crippen LogP contribution in [-0.2, 0) is 0 Å². The van der Waals surface area contributed by atoms with Gasteiger partial charge in [0.1, 0.15) is 11.5 Å². The summed E-state index contributed by atoms with van der Waals surface area (Å²) >= 11 is 1.24. The molecule has 1 fully saturated rings. The first kappa shape index (κ1) is 17.6. The summed E-state index contributed by atoms with van der Waals surface area (Å²) in [4.78, 5) is 17.3. The number of benzene rings is 3. The molecule has 5 heteroatoms. The summed E-state index contributed by atoms with van der Waals surface area (Å²) in [5, 5.41) is 3.16. The van der Waals surface area contributed by atoms with Crippen molar-refractivity contribution < 1.29 is 0 Å². The fraction of sp³-hybridized carbons (Fsp3) is 0.0833. The summed E-state index contributed by atoms with van der Waals surface area (Å²) < 4.78 is 0.960. The third kappa shape index (κ3) is 3.52. The Morgan fingerprint density at radius 1 is 0.897 bits per heavy atom. The van der Waals surface area contributed by atoms with Gasteiger partial charge in [-0.2, -0.15) is 0 Å². The van der Waals surface area contributed by atoms with Crippen molar-refractivity contribution in [2.45, 2.75) is 12.5 Å². The molecular weight excluding hydrogens is 378 g/mol. The third-order valence-electron chi connectivity index (χ3n) is 5.05. The standard InChI is InChI=1S/C24H19N3OS/c28-24-20(15-18-11-7-8-14-22(18)29-24)25-23-16-21(17-9-3-1-4-10-17)27(26-23)19-12-5-2-6-13-19/h1-15,21H,16H2,(H,25,26). The smallest absolute Gasteiger partial charge is 0.258 e. The number of hydrazine groups is 1. The van der Waals surface area contributed by atoms with E-state index < -0.39 is 0 Å². The van der Waals surface area contributed by atoms with E-state index in [-0.39, 0.29) is 10.8 Å². The molecule has 4 nitrogen and oxygen atoms in total. The zero-order valence-electron chi connectivity index (χ0n) is 15.7. The number of hydrogen-bond acceptors (Lipinski definition) is 4. The summed E-state index contributed by atoms with van der Waals surface area (Å²) in [6, 6.07) is 30.5. The quantitative estimate of drug-likeness (QED) is 0.500. The molecule has 0 saturated carbocycles. The zero-order chi connectivity index (χ0) is 19.6. The average Bonchev–Trinajstić information content (AvgIpc) is 3.19. The molecular formula is C24H19N3OS. The molecule has 1 atom stereocenters. The molecule has 5 rings (SSSR count). The molecule has 0 radical (unpaired) electrons. The van der Waals surface area contributed by atoms with Crippen LogP contribution in [0.4, 0.5) is 11.4 Å². The van der Waals surface area contributed by atoms with Crippen molar-refractivity contribution in [3.8, 4) is 0 Å². The van der Waals surface area contributed by atoms with Crippen LogP contribution in [-0.4, -0.2) is 5.84 Å². The molecule has 3 aromatic carbocycles. The van der Waals surface area contributed by atoms with Gasteiger partial charge >= 0.3 is 0 Å². The Balaban J connectivity index is 1.55. The van der Waals surface area contributed by atoms with Gasteiger partial charge in [-0.3, -0.25) is 15.2 Å². The van der Waals surface area contributed by atoms with E-state index in [4.69, 9.17) is 4.99 Å². The number of hydrogen-bond donors (Lipinski definition) is 1. The van der Waals surface area contributed by atoms with E-state index in [1.54, 1.807) is 0 Å². The largest absolute Gasteiger partial charge is 0.284 e. The van der Waals surface area contributed by atoms with E-state index in [1.165, 1.54) is 16.9 Å². The van der Waals surface area contributed by atoms with Gasteiger partial charge in [-0.15, -0.1) is 0 Å². The summed E-state index contributed by atoms with van der Waals surface area (Å²) in [6.45, 7) is 0. The van der Waals surface area contributed by atoms with Crippen molar-refractivity contribution in [2.24, 2.45) is 4.99 Å². The van der Waals surface area contributed by atoms with Gasteiger partial charge in [0.15, 0.2) is 0 Å². The summed E-state index contributed by atoms with van der Waals surface area (Å²) in [5.41, 5.74) is 6.18. The number of aliphatic imine (C=N–C) groups is 1. The molecule has 1 aromatic heterocycles. The first-order valence-electron chi connectivity index (χ1n) is 9.54. The fourth-order valence-electron chi connectivity index (χ4n) is 3.66. The van der Waals surface area contributed by atoms with Crippen LogP contribution in [0.2, 0.25) is 0 Å². The molecule has 4 aromatic rings. The Morgan fingerprint density at radius 3 is 2.38 bits per heavy atom. The molecule has 1 saturated heterocycles. The molecule has 0 spiro atoms. The lowest BCUT2D eigenvalue weighted by Crippen LogP contribution is -2.34. The molecule has 1 N–H and O–H groups in total. The highest BCUT2D eigenvalue weighted by atomic mass is 32.1. The molecule has 29 heavy (non-hydrogen) atoms. The van der Waals surface area contributed by atoms with Crippen molar-refractivity contribution in [3.63, 3.8) is 0 Å². The second-order valence-corrected chi connectivity index (χ2v) is 7.98. The van der Waals surface area contributed by atoms with Crippen LogP contribution >= 0.6 is 11.3 Å². The van der Waals surface area contributed by atoms with Crippen LogP contribution in [0.15, 0.2) is 101 Å². The Hall–Kier alpha value is -3.44. The Kier molecular flexibility index (Phi) is 4.58. The van der Waals surface area contributed by atoms with Crippen LogP contribution in [0.3, 0.4) is 0 Å². The molecule has 0 amide bonds. The van der Waals surface area contributed by atoms with Crippen molar-refractivity contribution in [1.82, 2.24) is 5.43 Å². The van der Waals surface area contributed by atoms with Crippen molar-refractivity contribution in [3.05, 3.63) is 106 Å². The van der Waals surface area contributed by atoms with E-state index in [1.807, 2.05) is 54.6 Å². The lowest BCUT2D eigenvalue weighted by atomic mass is 10.0. The minimum absolute atomic E-state index is 0.0209. The zero-order valence-corrected chi connectivity index (χ0v) is 16.5. The van der Waals surface area contributed by atoms with E-state index in [9.17, 15) is 4.79 Å². The van der Waals surface area contributed by atoms with Gasteiger partial charge in [0.2, 0.25) is 0 Å². The number of amidine groups is 1. The SMILES string of the molecule is O=c1sc2ccccc2cc1N=C1CC(c2ccccc2)N(c2ccccc2)N1. The van der Waals surface area contributed by atoms with Gasteiger partial charge in [0, 0.05) is 11.1 Å². The predicted octanol–water partition coefficient (Wildman–Crippen LogP) is 5.45. The molecule has 0 bridgehead atoms. The maximum atomic E-state index is 12.6. The number of anilines is 1. The van der Waals surface area contributed by atoms with Crippen LogP contribution in [0.1, 0.15) is 18.0 Å². The Labute approximate surface area is 172 Å². The first-order valence-corrected chi connectivity index (χ1v) is 10.4. The minimum Gasteiger partial charge on any atom is -0.284 e.